The summed E-state index contributed by atoms with van der Waals surface area (Å²) in [7, 11) is -3.73. The van der Waals surface area contributed by atoms with E-state index >= 15 is 0 Å². The van der Waals surface area contributed by atoms with Gasteiger partial charge in [0.05, 0.1) is 23.6 Å². The lowest BCUT2D eigenvalue weighted by atomic mass is 10.1. The fraction of sp³-hybridized carbons (Fsp3) is 0.389. The van der Waals surface area contributed by atoms with Gasteiger partial charge in [0.2, 0.25) is 15.9 Å². The van der Waals surface area contributed by atoms with Crippen LogP contribution in [0.3, 0.4) is 0 Å². The average molecular weight is 387 g/mol. The lowest BCUT2D eigenvalue weighted by molar-refractivity contribution is -0.121. The second kappa shape index (κ2) is 7.90. The normalized spacial score (nSPS) is 17.7. The SMILES string of the molecule is CCn1nccc1N1CCC[C@@H](NS(=O)(=O)Cc2cccc(C#N)c2)C1=O. The van der Waals surface area contributed by atoms with Crippen molar-refractivity contribution >= 4 is 21.7 Å². The number of amides is 1. The molecule has 8 nitrogen and oxygen atoms in total. The van der Waals surface area contributed by atoms with Crippen LogP contribution in [0.2, 0.25) is 0 Å². The summed E-state index contributed by atoms with van der Waals surface area (Å²) in [6, 6.07) is 9.38. The summed E-state index contributed by atoms with van der Waals surface area (Å²) in [5.41, 5.74) is 0.904. The number of anilines is 1. The lowest BCUT2D eigenvalue weighted by Crippen LogP contribution is -2.53. The zero-order valence-electron chi connectivity index (χ0n) is 15.0. The van der Waals surface area contributed by atoms with E-state index in [1.54, 1.807) is 40.0 Å². The molecule has 0 spiro atoms. The van der Waals surface area contributed by atoms with Crippen molar-refractivity contribution in [2.45, 2.75) is 38.1 Å². The summed E-state index contributed by atoms with van der Waals surface area (Å²) in [4.78, 5) is 14.4. The number of rotatable bonds is 6. The van der Waals surface area contributed by atoms with Crippen LogP contribution in [-0.2, 0) is 27.1 Å². The quantitative estimate of drug-likeness (QED) is 0.806. The molecule has 1 N–H and O–H groups in total. The maximum absolute atomic E-state index is 12.8. The predicted molar refractivity (Wildman–Crippen MR) is 100 cm³/mol. The van der Waals surface area contributed by atoms with Crippen LogP contribution in [0.4, 0.5) is 5.82 Å². The third kappa shape index (κ3) is 4.35. The summed E-state index contributed by atoms with van der Waals surface area (Å²) >= 11 is 0. The molecule has 0 radical (unpaired) electrons. The van der Waals surface area contributed by atoms with Crippen molar-refractivity contribution in [3.8, 4) is 6.07 Å². The highest BCUT2D eigenvalue weighted by Crippen LogP contribution is 2.21. The van der Waals surface area contributed by atoms with Crippen LogP contribution in [0, 0.1) is 11.3 Å². The van der Waals surface area contributed by atoms with E-state index in [0.29, 0.717) is 42.9 Å². The minimum absolute atomic E-state index is 0.272. The van der Waals surface area contributed by atoms with Gasteiger partial charge < -0.3 is 0 Å². The second-order valence-electron chi connectivity index (χ2n) is 6.38. The molecule has 2 heterocycles. The fourth-order valence-electron chi connectivity index (χ4n) is 3.22. The molecule has 1 atom stereocenters. The minimum Gasteiger partial charge on any atom is -0.296 e. The maximum atomic E-state index is 12.8. The molecule has 142 valence electrons. The zero-order valence-corrected chi connectivity index (χ0v) is 15.8. The molecule has 1 aliphatic rings. The largest absolute Gasteiger partial charge is 0.296 e. The summed E-state index contributed by atoms with van der Waals surface area (Å²) in [6.07, 6.45) is 2.77. The Kier molecular flexibility index (Phi) is 5.58. The van der Waals surface area contributed by atoms with Gasteiger partial charge in [0.15, 0.2) is 0 Å². The van der Waals surface area contributed by atoms with Gasteiger partial charge in [-0.25, -0.2) is 17.8 Å². The molecule has 1 aromatic carbocycles. The third-order valence-electron chi connectivity index (χ3n) is 4.44. The Hall–Kier alpha value is -2.70. The van der Waals surface area contributed by atoms with Crippen molar-refractivity contribution in [3.05, 3.63) is 47.7 Å². The van der Waals surface area contributed by atoms with E-state index in [4.69, 9.17) is 5.26 Å². The molecular weight excluding hydrogens is 366 g/mol. The van der Waals surface area contributed by atoms with Gasteiger partial charge in [-0.05, 0) is 37.5 Å². The topological polar surface area (TPSA) is 108 Å². The van der Waals surface area contributed by atoms with Gasteiger partial charge in [-0.2, -0.15) is 10.4 Å². The van der Waals surface area contributed by atoms with Crippen LogP contribution in [0.5, 0.6) is 0 Å². The van der Waals surface area contributed by atoms with Gasteiger partial charge in [0, 0.05) is 19.2 Å². The summed E-state index contributed by atoms with van der Waals surface area (Å²) in [5, 5.41) is 13.1. The Labute approximate surface area is 158 Å². The van der Waals surface area contributed by atoms with E-state index in [2.05, 4.69) is 9.82 Å². The van der Waals surface area contributed by atoms with Crippen LogP contribution < -0.4 is 9.62 Å². The number of carbonyl (C=O) groups is 1. The molecular formula is C18H21N5O3S. The molecule has 3 rings (SSSR count). The smallest absolute Gasteiger partial charge is 0.246 e. The number of sulfonamides is 1. The molecule has 1 fully saturated rings. The Morgan fingerprint density at radius 3 is 2.93 bits per heavy atom. The number of aryl methyl sites for hydroxylation is 1. The summed E-state index contributed by atoms with van der Waals surface area (Å²) in [5.74, 6) is 0.123. The van der Waals surface area contributed by atoms with Crippen LogP contribution in [0.25, 0.3) is 0 Å². The van der Waals surface area contributed by atoms with E-state index in [1.165, 1.54) is 6.07 Å². The number of nitriles is 1. The zero-order chi connectivity index (χ0) is 19.4. The highest BCUT2D eigenvalue weighted by molar-refractivity contribution is 7.88. The molecule has 27 heavy (non-hydrogen) atoms. The molecule has 1 amide bonds. The van der Waals surface area contributed by atoms with Crippen LogP contribution in [-0.4, -0.2) is 36.7 Å². The molecule has 0 saturated carbocycles. The Bertz CT molecular complexity index is 977. The van der Waals surface area contributed by atoms with E-state index in [1.807, 2.05) is 13.0 Å². The van der Waals surface area contributed by atoms with Crippen molar-refractivity contribution in [3.63, 3.8) is 0 Å². The Morgan fingerprint density at radius 2 is 2.19 bits per heavy atom. The van der Waals surface area contributed by atoms with Gasteiger partial charge in [0.25, 0.3) is 0 Å². The standard InChI is InChI=1S/C18H21N5O3S/c1-2-23-17(8-9-20-23)22-10-4-7-16(18(22)24)21-27(25,26)13-15-6-3-5-14(11-15)12-19/h3,5-6,8-9,11,16,21H,2,4,7,10,13H2,1H3/t16-/m1/s1. The number of piperidine rings is 1. The first-order chi connectivity index (χ1) is 12.9. The van der Waals surface area contributed by atoms with Gasteiger partial charge in [0.1, 0.15) is 11.9 Å². The van der Waals surface area contributed by atoms with Crippen LogP contribution in [0.1, 0.15) is 30.9 Å². The minimum atomic E-state index is -3.73. The monoisotopic (exact) mass is 387 g/mol. The molecule has 2 aromatic rings. The molecule has 1 aromatic heterocycles. The molecule has 9 heteroatoms. The first-order valence-electron chi connectivity index (χ1n) is 8.75. The van der Waals surface area contributed by atoms with E-state index in [9.17, 15) is 13.2 Å². The molecule has 1 saturated heterocycles. The number of carbonyl (C=O) groups excluding carboxylic acids is 1. The van der Waals surface area contributed by atoms with E-state index in [0.717, 1.165) is 0 Å². The number of nitrogens with one attached hydrogen (secondary N) is 1. The molecule has 0 unspecified atom stereocenters. The van der Waals surface area contributed by atoms with E-state index < -0.39 is 16.1 Å². The van der Waals surface area contributed by atoms with Gasteiger partial charge in [-0.3, -0.25) is 9.69 Å². The van der Waals surface area contributed by atoms with Gasteiger partial charge in [-0.15, -0.1) is 0 Å². The van der Waals surface area contributed by atoms with Crippen molar-refractivity contribution in [1.82, 2.24) is 14.5 Å². The number of hydrogen-bond donors (Lipinski definition) is 1. The predicted octanol–water partition coefficient (Wildman–Crippen LogP) is 1.39. The first-order valence-corrected chi connectivity index (χ1v) is 10.4. The van der Waals surface area contributed by atoms with Gasteiger partial charge >= 0.3 is 0 Å². The number of hydrogen-bond acceptors (Lipinski definition) is 5. The Morgan fingerprint density at radius 1 is 1.37 bits per heavy atom. The third-order valence-corrected chi connectivity index (χ3v) is 5.80. The number of benzene rings is 1. The van der Waals surface area contributed by atoms with Crippen LogP contribution in [0.15, 0.2) is 36.5 Å². The summed E-state index contributed by atoms with van der Waals surface area (Å²) < 4.78 is 29.3. The molecule has 0 bridgehead atoms. The van der Waals surface area contributed by atoms with E-state index in [-0.39, 0.29) is 11.7 Å². The first kappa shape index (κ1) is 19.1. The Balaban J connectivity index is 1.74. The molecule has 0 aliphatic carbocycles. The van der Waals surface area contributed by atoms with Crippen molar-refractivity contribution in [1.29, 1.82) is 5.26 Å². The van der Waals surface area contributed by atoms with Gasteiger partial charge in [-0.1, -0.05) is 12.1 Å². The maximum Gasteiger partial charge on any atom is 0.246 e. The van der Waals surface area contributed by atoms with Crippen LogP contribution >= 0.6 is 0 Å². The number of aromatic nitrogens is 2. The summed E-state index contributed by atoms with van der Waals surface area (Å²) in [6.45, 7) is 3.09. The fourth-order valence-corrected chi connectivity index (χ4v) is 4.57. The highest BCUT2D eigenvalue weighted by Gasteiger charge is 2.33. The average Bonchev–Trinajstić information content (AvgIpc) is 3.11. The molecule has 1 aliphatic heterocycles. The lowest BCUT2D eigenvalue weighted by Gasteiger charge is -2.32. The number of nitrogens with zero attached hydrogens (tertiary/aromatic N) is 4. The van der Waals surface area contributed by atoms with Crippen molar-refractivity contribution in [2.75, 3.05) is 11.4 Å². The van der Waals surface area contributed by atoms with Crippen molar-refractivity contribution in [2.24, 2.45) is 0 Å². The highest BCUT2D eigenvalue weighted by atomic mass is 32.2. The second-order valence-corrected chi connectivity index (χ2v) is 8.13. The van der Waals surface area contributed by atoms with Crippen molar-refractivity contribution < 1.29 is 13.2 Å².